The Morgan fingerprint density at radius 3 is 2.50 bits per heavy atom. The molecule has 1 atom stereocenters. The van der Waals surface area contributed by atoms with E-state index < -0.39 is 23.8 Å². The quantitative estimate of drug-likeness (QED) is 0.311. The molecule has 10 heteroatoms. The Bertz CT molecular complexity index is 1810. The van der Waals surface area contributed by atoms with E-state index in [1.165, 1.54) is 28.8 Å². The smallest absolute Gasteiger partial charge is 0.338 e. The third-order valence-electron chi connectivity index (χ3n) is 6.26. The van der Waals surface area contributed by atoms with E-state index in [4.69, 9.17) is 13.9 Å². The zero-order valence-electron chi connectivity index (χ0n) is 22.0. The summed E-state index contributed by atoms with van der Waals surface area (Å²) in [5.41, 5.74) is 1.89. The summed E-state index contributed by atoms with van der Waals surface area (Å²) >= 11 is 1.15. The first-order valence-corrected chi connectivity index (χ1v) is 13.4. The Balaban J connectivity index is 1.57. The molecule has 5 rings (SSSR count). The predicted octanol–water partition coefficient (Wildman–Crippen LogP) is 4.37. The number of esters is 2. The van der Waals surface area contributed by atoms with Crippen LogP contribution < -0.4 is 14.9 Å². The first kappa shape index (κ1) is 27.0. The molecule has 40 heavy (non-hydrogen) atoms. The number of benzene rings is 2. The van der Waals surface area contributed by atoms with Crippen LogP contribution in [0.1, 0.15) is 48.5 Å². The van der Waals surface area contributed by atoms with Gasteiger partial charge in [0.15, 0.2) is 4.80 Å². The maximum atomic E-state index is 13.7. The van der Waals surface area contributed by atoms with Crippen molar-refractivity contribution in [1.29, 1.82) is 0 Å². The maximum absolute atomic E-state index is 13.7. The van der Waals surface area contributed by atoms with Crippen molar-refractivity contribution >= 4 is 29.4 Å². The summed E-state index contributed by atoms with van der Waals surface area (Å²) in [6, 6.07) is 15.2. The second-order valence-electron chi connectivity index (χ2n) is 8.86. The zero-order valence-corrected chi connectivity index (χ0v) is 22.8. The van der Waals surface area contributed by atoms with Crippen LogP contribution in [0.4, 0.5) is 4.39 Å². The van der Waals surface area contributed by atoms with Crippen LogP contribution in [0.25, 0.3) is 17.4 Å². The molecule has 0 saturated heterocycles. The zero-order chi connectivity index (χ0) is 28.4. The van der Waals surface area contributed by atoms with E-state index in [0.717, 1.165) is 11.3 Å². The Labute approximate surface area is 232 Å². The number of carbonyl (C=O) groups excluding carboxylic acids is 2. The average Bonchev–Trinajstić information content (AvgIpc) is 3.53. The van der Waals surface area contributed by atoms with Gasteiger partial charge in [0.25, 0.3) is 5.56 Å². The van der Waals surface area contributed by atoms with E-state index in [1.807, 2.05) is 6.07 Å². The lowest BCUT2D eigenvalue weighted by Gasteiger charge is -2.24. The van der Waals surface area contributed by atoms with E-state index in [-0.39, 0.29) is 24.3 Å². The van der Waals surface area contributed by atoms with Crippen LogP contribution in [0.3, 0.4) is 0 Å². The van der Waals surface area contributed by atoms with Crippen LogP contribution in [0.2, 0.25) is 0 Å². The van der Waals surface area contributed by atoms with Gasteiger partial charge in [-0.3, -0.25) is 9.36 Å². The number of rotatable bonds is 7. The third-order valence-corrected chi connectivity index (χ3v) is 7.24. The molecule has 0 aliphatic carbocycles. The number of carbonyl (C=O) groups is 2. The van der Waals surface area contributed by atoms with Gasteiger partial charge in [-0.25, -0.2) is 19.0 Å². The van der Waals surface area contributed by atoms with Crippen LogP contribution in [-0.2, 0) is 14.3 Å². The normalized spacial score (nSPS) is 15.0. The lowest BCUT2D eigenvalue weighted by Crippen LogP contribution is -2.39. The molecular formula is C30H25FN2O6S. The van der Waals surface area contributed by atoms with Crippen molar-refractivity contribution in [3.05, 3.63) is 114 Å². The molecular weight excluding hydrogens is 535 g/mol. The standard InChI is InChI=1S/C30H25FN2O6S/c1-4-37-28(35)20-8-6-7-19(15-20)23-14-13-22(39-23)16-24-27(34)33-26(18-9-11-21(31)12-10-18)25(29(36)38-5-2)17(3)32-30(33)40-24/h6-16,26H,4-5H2,1-3H3/b24-16-/t26-/m1/s1. The number of allylic oxidation sites excluding steroid dienone is 1. The van der Waals surface area contributed by atoms with Crippen molar-refractivity contribution < 1.29 is 27.9 Å². The van der Waals surface area contributed by atoms with Crippen molar-refractivity contribution in [2.45, 2.75) is 26.8 Å². The fourth-order valence-corrected chi connectivity index (χ4v) is 5.51. The highest BCUT2D eigenvalue weighted by Crippen LogP contribution is 2.31. The van der Waals surface area contributed by atoms with Gasteiger partial charge in [-0.2, -0.15) is 0 Å². The van der Waals surface area contributed by atoms with Gasteiger partial charge in [0.2, 0.25) is 0 Å². The van der Waals surface area contributed by atoms with Gasteiger partial charge >= 0.3 is 11.9 Å². The monoisotopic (exact) mass is 560 g/mol. The van der Waals surface area contributed by atoms with E-state index >= 15 is 0 Å². The Morgan fingerprint density at radius 2 is 1.77 bits per heavy atom. The molecule has 0 amide bonds. The highest BCUT2D eigenvalue weighted by atomic mass is 32.1. The Hall–Kier alpha value is -4.57. The van der Waals surface area contributed by atoms with Gasteiger partial charge in [0.05, 0.1) is 40.6 Å². The lowest BCUT2D eigenvalue weighted by molar-refractivity contribution is -0.139. The largest absolute Gasteiger partial charge is 0.463 e. The SMILES string of the molecule is CCOC(=O)C1=C(C)N=c2s/c(=C\c3ccc(-c4cccc(C(=O)OCC)c4)o3)c(=O)n2[C@@H]1c1ccc(F)cc1. The van der Waals surface area contributed by atoms with Crippen LogP contribution in [0, 0.1) is 5.82 Å². The summed E-state index contributed by atoms with van der Waals surface area (Å²) in [5, 5.41) is 0. The van der Waals surface area contributed by atoms with Gasteiger partial charge in [0, 0.05) is 11.6 Å². The molecule has 0 bridgehead atoms. The van der Waals surface area contributed by atoms with E-state index in [9.17, 15) is 18.8 Å². The Morgan fingerprint density at radius 1 is 1.05 bits per heavy atom. The van der Waals surface area contributed by atoms with Gasteiger partial charge in [-0.15, -0.1) is 0 Å². The first-order chi connectivity index (χ1) is 19.3. The number of ether oxygens (including phenoxy) is 2. The molecule has 3 heterocycles. The molecule has 2 aromatic heterocycles. The number of nitrogens with zero attached hydrogens (tertiary/aromatic N) is 2. The molecule has 0 saturated carbocycles. The Kier molecular flexibility index (Phi) is 7.61. The molecule has 2 aromatic carbocycles. The van der Waals surface area contributed by atoms with Crippen LogP contribution in [-0.4, -0.2) is 29.7 Å². The lowest BCUT2D eigenvalue weighted by atomic mass is 9.96. The van der Waals surface area contributed by atoms with Gasteiger partial charge < -0.3 is 13.9 Å². The number of furan rings is 1. The molecule has 204 valence electrons. The van der Waals surface area contributed by atoms with Crippen molar-refractivity contribution in [3.8, 4) is 11.3 Å². The predicted molar refractivity (Wildman–Crippen MR) is 147 cm³/mol. The average molecular weight is 561 g/mol. The van der Waals surface area contributed by atoms with E-state index in [1.54, 1.807) is 57.2 Å². The number of hydrogen-bond donors (Lipinski definition) is 0. The molecule has 1 aliphatic rings. The van der Waals surface area contributed by atoms with Gasteiger partial charge in [0.1, 0.15) is 17.3 Å². The summed E-state index contributed by atoms with van der Waals surface area (Å²) < 4.78 is 31.8. The van der Waals surface area contributed by atoms with Gasteiger partial charge in [-0.05, 0) is 62.7 Å². The van der Waals surface area contributed by atoms with Crippen molar-refractivity contribution in [2.24, 2.45) is 4.99 Å². The summed E-state index contributed by atoms with van der Waals surface area (Å²) in [6.07, 6.45) is 1.60. The molecule has 0 N–H and O–H groups in total. The van der Waals surface area contributed by atoms with Crippen molar-refractivity contribution in [3.63, 3.8) is 0 Å². The second-order valence-corrected chi connectivity index (χ2v) is 9.87. The van der Waals surface area contributed by atoms with E-state index in [2.05, 4.69) is 4.99 Å². The van der Waals surface area contributed by atoms with Gasteiger partial charge in [-0.1, -0.05) is 35.6 Å². The highest BCUT2D eigenvalue weighted by molar-refractivity contribution is 7.07. The fraction of sp³-hybridized carbons (Fsp3) is 0.200. The van der Waals surface area contributed by atoms with Crippen molar-refractivity contribution in [2.75, 3.05) is 13.2 Å². The summed E-state index contributed by atoms with van der Waals surface area (Å²) in [4.78, 5) is 43.7. The molecule has 1 aliphatic heterocycles. The molecule has 0 unspecified atom stereocenters. The van der Waals surface area contributed by atoms with E-state index in [0.29, 0.717) is 43.2 Å². The van der Waals surface area contributed by atoms with Crippen LogP contribution >= 0.6 is 11.3 Å². The minimum atomic E-state index is -0.837. The topological polar surface area (TPSA) is 100 Å². The highest BCUT2D eigenvalue weighted by Gasteiger charge is 2.33. The maximum Gasteiger partial charge on any atom is 0.338 e. The molecule has 0 fully saturated rings. The number of fused-ring (bicyclic) bond motifs is 1. The summed E-state index contributed by atoms with van der Waals surface area (Å²) in [6.45, 7) is 5.54. The summed E-state index contributed by atoms with van der Waals surface area (Å²) in [7, 11) is 0. The first-order valence-electron chi connectivity index (χ1n) is 12.6. The fourth-order valence-electron chi connectivity index (χ4n) is 4.48. The number of halogens is 1. The minimum absolute atomic E-state index is 0.152. The molecule has 0 spiro atoms. The number of thiazole rings is 1. The molecule has 8 nitrogen and oxygen atoms in total. The van der Waals surface area contributed by atoms with Crippen LogP contribution in [0.5, 0.6) is 0 Å². The number of hydrogen-bond acceptors (Lipinski definition) is 8. The third kappa shape index (κ3) is 5.17. The second kappa shape index (κ2) is 11.3. The summed E-state index contributed by atoms with van der Waals surface area (Å²) in [5.74, 6) is -0.522. The minimum Gasteiger partial charge on any atom is -0.463 e. The van der Waals surface area contributed by atoms with Crippen molar-refractivity contribution in [1.82, 2.24) is 4.57 Å². The number of aromatic nitrogens is 1. The molecule has 4 aromatic rings. The van der Waals surface area contributed by atoms with Crippen LogP contribution in [0.15, 0.2) is 86.1 Å². The molecule has 0 radical (unpaired) electrons.